The number of hydrogen-bond donors (Lipinski definition) is 0. The summed E-state index contributed by atoms with van der Waals surface area (Å²) in [4.78, 5) is 0. The summed E-state index contributed by atoms with van der Waals surface area (Å²) in [7, 11) is 6.26. The molecule has 22 heavy (non-hydrogen) atoms. The van der Waals surface area contributed by atoms with E-state index in [-0.39, 0.29) is 0 Å². The Hall–Kier alpha value is 0.940. The Labute approximate surface area is 146 Å². The van der Waals surface area contributed by atoms with Gasteiger partial charge in [-0.05, 0) is 60.7 Å². The smallest absolute Gasteiger partial charge is 0.0271 e. The van der Waals surface area contributed by atoms with E-state index in [2.05, 4.69) is 40.4 Å². The Morgan fingerprint density at radius 3 is 2.18 bits per heavy atom. The van der Waals surface area contributed by atoms with Crippen LogP contribution in [0.5, 0.6) is 0 Å². The van der Waals surface area contributed by atoms with Gasteiger partial charge in [0.25, 0.3) is 0 Å². The summed E-state index contributed by atoms with van der Waals surface area (Å²) in [5, 5.41) is 1.56. The highest BCUT2D eigenvalue weighted by Gasteiger charge is 1.97. The second-order valence-corrected chi connectivity index (χ2v) is 10.7. The lowest BCUT2D eigenvalue weighted by Gasteiger charge is -2.05. The summed E-state index contributed by atoms with van der Waals surface area (Å²) in [5.74, 6) is 0. The Balaban J connectivity index is 2.04. The topological polar surface area (TPSA) is 0 Å². The van der Waals surface area contributed by atoms with Crippen LogP contribution >= 0.6 is 35.0 Å². The van der Waals surface area contributed by atoms with Crippen LogP contribution in [0, 0.1) is 0 Å². The number of aryl methyl sites for hydroxylation is 1. The van der Waals surface area contributed by atoms with Gasteiger partial charge in [0.1, 0.15) is 0 Å². The third kappa shape index (κ3) is 11.5. The highest BCUT2D eigenvalue weighted by atomic mass is 31.1. The van der Waals surface area contributed by atoms with E-state index in [9.17, 15) is 0 Å². The normalized spacial score (nSPS) is 12.6. The zero-order valence-corrected chi connectivity index (χ0v) is 18.3. The molecule has 0 fully saturated rings. The van der Waals surface area contributed by atoms with Gasteiger partial charge >= 0.3 is 0 Å². The molecule has 0 amide bonds. The molecule has 0 spiro atoms. The van der Waals surface area contributed by atoms with Crippen molar-refractivity contribution in [3.8, 4) is 0 Å². The van der Waals surface area contributed by atoms with Gasteiger partial charge < -0.3 is 0 Å². The summed E-state index contributed by atoms with van der Waals surface area (Å²) in [6.07, 6.45) is 15.2. The highest BCUT2D eigenvalue weighted by molar-refractivity contribution is 7.49. The maximum Gasteiger partial charge on any atom is -0.0271 e. The standard InChI is InChI=1S/C18H34P4/c1-2-3-4-5-6-17-7-9-18(10-8-17)22-16-15-21-14-13-20-12-11-19/h7-10,20-22H,2-6,11-16,19H2,1H3. The fourth-order valence-electron chi connectivity index (χ4n) is 2.37. The average molecular weight is 374 g/mol. The van der Waals surface area contributed by atoms with Crippen molar-refractivity contribution in [1.82, 2.24) is 0 Å². The van der Waals surface area contributed by atoms with Gasteiger partial charge in [0, 0.05) is 0 Å². The van der Waals surface area contributed by atoms with Gasteiger partial charge in [0.2, 0.25) is 0 Å². The lowest BCUT2D eigenvalue weighted by molar-refractivity contribution is 0.667. The third-order valence-corrected chi connectivity index (χ3v) is 9.26. The van der Waals surface area contributed by atoms with Crippen molar-refractivity contribution < 1.29 is 0 Å². The average Bonchev–Trinajstić information content (AvgIpc) is 2.55. The second-order valence-electron chi connectivity index (χ2n) is 5.72. The van der Waals surface area contributed by atoms with Crippen molar-refractivity contribution >= 4 is 40.3 Å². The first-order valence-electron chi connectivity index (χ1n) is 8.81. The van der Waals surface area contributed by atoms with Crippen LogP contribution in [0.25, 0.3) is 0 Å². The minimum atomic E-state index is 1.02. The molecule has 0 heterocycles. The molecule has 4 atom stereocenters. The van der Waals surface area contributed by atoms with Crippen molar-refractivity contribution in [1.29, 1.82) is 0 Å². The molecule has 126 valence electrons. The molecule has 4 unspecified atom stereocenters. The van der Waals surface area contributed by atoms with Crippen LogP contribution in [0.2, 0.25) is 0 Å². The molecule has 0 nitrogen and oxygen atoms in total. The first-order valence-corrected chi connectivity index (χ1v) is 13.7. The van der Waals surface area contributed by atoms with E-state index in [0.717, 1.165) is 8.58 Å². The molecular weight excluding hydrogens is 340 g/mol. The van der Waals surface area contributed by atoms with Crippen molar-refractivity contribution in [2.24, 2.45) is 0 Å². The van der Waals surface area contributed by atoms with Gasteiger partial charge in [0.05, 0.1) is 0 Å². The summed E-state index contributed by atoms with van der Waals surface area (Å²) in [5.41, 5.74) is 1.53. The second kappa shape index (κ2) is 15.5. The molecule has 0 aliphatic heterocycles. The molecule has 4 heteroatoms. The summed E-state index contributed by atoms with van der Waals surface area (Å²) in [6.45, 7) is 2.28. The van der Waals surface area contributed by atoms with E-state index in [4.69, 9.17) is 0 Å². The van der Waals surface area contributed by atoms with Gasteiger partial charge in [-0.1, -0.05) is 59.0 Å². The maximum absolute atomic E-state index is 2.83. The van der Waals surface area contributed by atoms with Gasteiger partial charge in [-0.2, -0.15) is 0 Å². The molecule has 0 N–H and O–H groups in total. The van der Waals surface area contributed by atoms with Gasteiger partial charge in [0.15, 0.2) is 0 Å². The Morgan fingerprint density at radius 2 is 1.50 bits per heavy atom. The van der Waals surface area contributed by atoms with Gasteiger partial charge in [-0.25, -0.2) is 0 Å². The number of benzene rings is 1. The fraction of sp³-hybridized carbons (Fsp3) is 0.667. The SMILES string of the molecule is CCCCCCc1ccc(PCCPCCPCCP)cc1. The van der Waals surface area contributed by atoms with Crippen LogP contribution in [-0.2, 0) is 6.42 Å². The zero-order valence-electron chi connectivity index (χ0n) is 14.2. The van der Waals surface area contributed by atoms with Crippen molar-refractivity contribution in [3.63, 3.8) is 0 Å². The lowest BCUT2D eigenvalue weighted by Crippen LogP contribution is -1.97. The van der Waals surface area contributed by atoms with Crippen molar-refractivity contribution in [2.75, 3.05) is 37.0 Å². The van der Waals surface area contributed by atoms with Crippen LogP contribution in [0.1, 0.15) is 38.2 Å². The Morgan fingerprint density at radius 1 is 0.818 bits per heavy atom. The monoisotopic (exact) mass is 374 g/mol. The minimum absolute atomic E-state index is 1.02. The Kier molecular flexibility index (Phi) is 14.8. The van der Waals surface area contributed by atoms with E-state index in [1.165, 1.54) is 91.8 Å². The Bertz CT molecular complexity index is 351. The first-order chi connectivity index (χ1) is 10.9. The van der Waals surface area contributed by atoms with E-state index in [1.807, 2.05) is 0 Å². The van der Waals surface area contributed by atoms with Crippen LogP contribution in [-0.4, -0.2) is 37.0 Å². The van der Waals surface area contributed by atoms with Crippen LogP contribution in [0.15, 0.2) is 24.3 Å². The predicted molar refractivity (Wildman–Crippen MR) is 118 cm³/mol. The zero-order chi connectivity index (χ0) is 15.9. The summed E-state index contributed by atoms with van der Waals surface area (Å²) >= 11 is 0. The fourth-order valence-corrected chi connectivity index (χ4v) is 7.00. The quantitative estimate of drug-likeness (QED) is 0.304. The molecule has 1 aromatic rings. The molecule has 0 aliphatic carbocycles. The summed E-state index contributed by atoms with van der Waals surface area (Å²) < 4.78 is 0. The maximum atomic E-state index is 2.83. The van der Waals surface area contributed by atoms with Crippen LogP contribution in [0.4, 0.5) is 0 Å². The summed E-state index contributed by atoms with van der Waals surface area (Å²) in [6, 6.07) is 9.47. The van der Waals surface area contributed by atoms with Crippen molar-refractivity contribution in [2.45, 2.75) is 39.0 Å². The first kappa shape index (κ1) is 21.0. The molecule has 0 saturated carbocycles. The molecule has 0 saturated heterocycles. The molecule has 0 bridgehead atoms. The largest absolute Gasteiger partial charge is 0.137 e. The predicted octanol–water partition coefficient (Wildman–Crippen LogP) is 5.35. The molecule has 1 rings (SSSR count). The van der Waals surface area contributed by atoms with Crippen LogP contribution in [0.3, 0.4) is 0 Å². The number of unbranched alkanes of at least 4 members (excludes halogenated alkanes) is 3. The molecule has 1 aromatic carbocycles. The molecule has 0 radical (unpaired) electrons. The van der Waals surface area contributed by atoms with Gasteiger partial charge in [-0.3, -0.25) is 0 Å². The molecule has 0 aromatic heterocycles. The number of rotatable bonds is 14. The van der Waals surface area contributed by atoms with Crippen LogP contribution < -0.4 is 5.30 Å². The molecular formula is C18H34P4. The van der Waals surface area contributed by atoms with E-state index < -0.39 is 0 Å². The van der Waals surface area contributed by atoms with E-state index in [0.29, 0.717) is 0 Å². The van der Waals surface area contributed by atoms with E-state index >= 15 is 0 Å². The highest BCUT2D eigenvalue weighted by Crippen LogP contribution is 2.21. The number of hydrogen-bond acceptors (Lipinski definition) is 0. The van der Waals surface area contributed by atoms with Gasteiger partial charge in [-0.15, -0.1) is 26.4 Å². The lowest BCUT2D eigenvalue weighted by atomic mass is 10.1. The van der Waals surface area contributed by atoms with Crippen molar-refractivity contribution in [3.05, 3.63) is 29.8 Å². The molecule has 0 aliphatic rings. The van der Waals surface area contributed by atoms with E-state index in [1.54, 1.807) is 5.30 Å². The third-order valence-electron chi connectivity index (χ3n) is 3.70. The minimum Gasteiger partial charge on any atom is -0.137 e.